The van der Waals surface area contributed by atoms with Crippen LogP contribution in [-0.4, -0.2) is 46.7 Å². The van der Waals surface area contributed by atoms with E-state index >= 15 is 0 Å². The molecule has 0 radical (unpaired) electrons. The van der Waals surface area contributed by atoms with Crippen molar-refractivity contribution in [3.8, 4) is 0 Å². The van der Waals surface area contributed by atoms with E-state index in [9.17, 15) is 4.79 Å². The van der Waals surface area contributed by atoms with Crippen molar-refractivity contribution in [2.24, 2.45) is 0 Å². The molecule has 0 unspecified atom stereocenters. The van der Waals surface area contributed by atoms with E-state index in [0.29, 0.717) is 18.7 Å². The Morgan fingerprint density at radius 2 is 1.83 bits per heavy atom. The fourth-order valence-electron chi connectivity index (χ4n) is 3.43. The molecule has 0 bridgehead atoms. The highest BCUT2D eigenvalue weighted by atomic mass is 16.5. The van der Waals surface area contributed by atoms with Crippen LogP contribution >= 0.6 is 0 Å². The molecule has 3 aromatic rings. The summed E-state index contributed by atoms with van der Waals surface area (Å²) in [6.07, 6.45) is 1.93. The zero-order chi connectivity index (χ0) is 20.9. The predicted octanol–water partition coefficient (Wildman–Crippen LogP) is 2.92. The van der Waals surface area contributed by atoms with Gasteiger partial charge in [0.1, 0.15) is 5.52 Å². The van der Waals surface area contributed by atoms with Gasteiger partial charge < -0.3 is 14.6 Å². The normalized spacial score (nSPS) is 12.3. The molecule has 0 spiro atoms. The summed E-state index contributed by atoms with van der Waals surface area (Å²) in [6, 6.07) is 7.99. The van der Waals surface area contributed by atoms with Crippen LogP contribution in [0.4, 0.5) is 0 Å². The standard InChI is InChI=1S/C22H33N5O2/c1-16-19-20(26-25-16)17-9-5-6-10-18(17)27(21(19)28)14-8-13-23-11-7-12-24-15-29-22(2,3)4/h5-6,9-10,23-24H,7-8,11-15H2,1-4H3,(H,25,26). The first-order valence-electron chi connectivity index (χ1n) is 10.4. The van der Waals surface area contributed by atoms with Crippen LogP contribution in [0.1, 0.15) is 39.3 Å². The molecule has 7 nitrogen and oxygen atoms in total. The smallest absolute Gasteiger partial charge is 0.262 e. The highest BCUT2D eigenvalue weighted by Gasteiger charge is 2.14. The van der Waals surface area contributed by atoms with Gasteiger partial charge in [0.2, 0.25) is 0 Å². The van der Waals surface area contributed by atoms with E-state index in [1.54, 1.807) is 0 Å². The van der Waals surface area contributed by atoms with E-state index in [1.165, 1.54) is 0 Å². The number of aryl methyl sites for hydroxylation is 2. The van der Waals surface area contributed by atoms with Gasteiger partial charge in [-0.1, -0.05) is 18.2 Å². The fraction of sp³-hybridized carbons (Fsp3) is 0.545. The van der Waals surface area contributed by atoms with Crippen molar-refractivity contribution in [1.29, 1.82) is 0 Å². The Labute approximate surface area is 171 Å². The van der Waals surface area contributed by atoms with Gasteiger partial charge in [-0.15, -0.1) is 0 Å². The molecule has 0 fully saturated rings. The Morgan fingerprint density at radius 3 is 2.62 bits per heavy atom. The Hall–Kier alpha value is -2.22. The third-order valence-electron chi connectivity index (χ3n) is 4.91. The van der Waals surface area contributed by atoms with Crippen molar-refractivity contribution in [2.45, 2.75) is 52.7 Å². The molecule has 0 amide bonds. The van der Waals surface area contributed by atoms with Crippen molar-refractivity contribution in [1.82, 2.24) is 25.4 Å². The quantitative estimate of drug-likeness (QED) is 0.361. The molecule has 2 heterocycles. The molecule has 3 rings (SSSR count). The molecular formula is C22H33N5O2. The van der Waals surface area contributed by atoms with E-state index in [-0.39, 0.29) is 11.2 Å². The van der Waals surface area contributed by atoms with Crippen LogP contribution in [0.3, 0.4) is 0 Å². The molecule has 2 aromatic heterocycles. The maximum atomic E-state index is 13.0. The summed E-state index contributed by atoms with van der Waals surface area (Å²) in [7, 11) is 0. The first-order chi connectivity index (χ1) is 13.9. The molecule has 3 N–H and O–H groups in total. The molecular weight excluding hydrogens is 366 g/mol. The second kappa shape index (κ2) is 9.52. The maximum Gasteiger partial charge on any atom is 0.262 e. The number of rotatable bonds is 10. The van der Waals surface area contributed by atoms with Gasteiger partial charge in [0.25, 0.3) is 5.56 Å². The van der Waals surface area contributed by atoms with Crippen molar-refractivity contribution in [2.75, 3.05) is 26.4 Å². The number of para-hydroxylation sites is 1. The number of nitrogens with one attached hydrogen (secondary N) is 3. The van der Waals surface area contributed by atoms with Crippen LogP contribution in [0.2, 0.25) is 0 Å². The van der Waals surface area contributed by atoms with Crippen molar-refractivity contribution >= 4 is 21.8 Å². The number of ether oxygens (including phenoxy) is 1. The zero-order valence-corrected chi connectivity index (χ0v) is 18.0. The minimum atomic E-state index is -0.106. The molecule has 29 heavy (non-hydrogen) atoms. The van der Waals surface area contributed by atoms with Gasteiger partial charge in [-0.25, -0.2) is 0 Å². The van der Waals surface area contributed by atoms with E-state index in [2.05, 4.69) is 41.6 Å². The van der Waals surface area contributed by atoms with Gasteiger partial charge in [-0.3, -0.25) is 15.2 Å². The van der Waals surface area contributed by atoms with Crippen molar-refractivity contribution < 1.29 is 4.74 Å². The molecule has 0 aliphatic heterocycles. The van der Waals surface area contributed by atoms with Crippen LogP contribution < -0.4 is 16.2 Å². The SMILES string of the molecule is Cc1[nH]nc2c1c(=O)n(CCCNCCCNCOC(C)(C)C)c1ccccc21. The zero-order valence-electron chi connectivity index (χ0n) is 18.0. The van der Waals surface area contributed by atoms with Gasteiger partial charge >= 0.3 is 0 Å². The summed E-state index contributed by atoms with van der Waals surface area (Å²) in [5.74, 6) is 0. The fourth-order valence-corrected chi connectivity index (χ4v) is 3.43. The number of aromatic amines is 1. The summed E-state index contributed by atoms with van der Waals surface area (Å²) < 4.78 is 7.51. The van der Waals surface area contributed by atoms with Crippen LogP contribution in [0.25, 0.3) is 21.8 Å². The summed E-state index contributed by atoms with van der Waals surface area (Å²) in [6.45, 7) is 12.1. The van der Waals surface area contributed by atoms with Crippen molar-refractivity contribution in [3.05, 3.63) is 40.3 Å². The minimum absolute atomic E-state index is 0.0352. The largest absolute Gasteiger partial charge is 0.361 e. The number of pyridine rings is 1. The highest BCUT2D eigenvalue weighted by Crippen LogP contribution is 2.22. The average molecular weight is 400 g/mol. The van der Waals surface area contributed by atoms with E-state index in [4.69, 9.17) is 4.74 Å². The first kappa shape index (κ1) is 21.5. The number of benzene rings is 1. The predicted molar refractivity (Wildman–Crippen MR) is 118 cm³/mol. The summed E-state index contributed by atoms with van der Waals surface area (Å²) >= 11 is 0. The lowest BCUT2D eigenvalue weighted by atomic mass is 10.1. The van der Waals surface area contributed by atoms with Crippen LogP contribution in [0.5, 0.6) is 0 Å². The second-order valence-corrected chi connectivity index (χ2v) is 8.40. The third-order valence-corrected chi connectivity index (χ3v) is 4.91. The lowest BCUT2D eigenvalue weighted by molar-refractivity contribution is -0.0130. The molecule has 7 heteroatoms. The molecule has 0 atom stereocenters. The van der Waals surface area contributed by atoms with Crippen molar-refractivity contribution in [3.63, 3.8) is 0 Å². The van der Waals surface area contributed by atoms with E-state index in [0.717, 1.165) is 54.6 Å². The number of H-pyrrole nitrogens is 1. The Kier molecular flexibility index (Phi) is 7.05. The number of hydrogen-bond donors (Lipinski definition) is 3. The van der Waals surface area contributed by atoms with E-state index in [1.807, 2.05) is 35.8 Å². The lowest BCUT2D eigenvalue weighted by Gasteiger charge is -2.19. The molecule has 0 aliphatic carbocycles. The van der Waals surface area contributed by atoms with Gasteiger partial charge in [0.15, 0.2) is 0 Å². The van der Waals surface area contributed by atoms with Gasteiger partial charge in [0, 0.05) is 17.6 Å². The molecule has 0 aliphatic rings. The van der Waals surface area contributed by atoms with Crippen LogP contribution in [0.15, 0.2) is 29.1 Å². The number of hydrogen-bond acceptors (Lipinski definition) is 5. The molecule has 0 saturated heterocycles. The number of nitrogens with zero attached hydrogens (tertiary/aromatic N) is 2. The van der Waals surface area contributed by atoms with E-state index < -0.39 is 0 Å². The Bertz CT molecular complexity index is 1000. The Morgan fingerprint density at radius 1 is 1.10 bits per heavy atom. The van der Waals surface area contributed by atoms with Crippen LogP contribution in [-0.2, 0) is 11.3 Å². The van der Waals surface area contributed by atoms with Gasteiger partial charge in [0.05, 0.1) is 23.2 Å². The summed E-state index contributed by atoms with van der Waals surface area (Å²) in [5.41, 5.74) is 2.46. The second-order valence-electron chi connectivity index (χ2n) is 8.40. The highest BCUT2D eigenvalue weighted by molar-refractivity contribution is 6.03. The number of fused-ring (bicyclic) bond motifs is 3. The maximum absolute atomic E-state index is 13.0. The number of aromatic nitrogens is 3. The van der Waals surface area contributed by atoms with Gasteiger partial charge in [-0.05, 0) is 66.2 Å². The minimum Gasteiger partial charge on any atom is -0.361 e. The lowest BCUT2D eigenvalue weighted by Crippen LogP contribution is -2.30. The average Bonchev–Trinajstić information content (AvgIpc) is 3.07. The molecule has 158 valence electrons. The topological polar surface area (TPSA) is 84.0 Å². The summed E-state index contributed by atoms with van der Waals surface area (Å²) in [4.78, 5) is 13.0. The third kappa shape index (κ3) is 5.44. The first-order valence-corrected chi connectivity index (χ1v) is 10.4. The molecule has 1 aromatic carbocycles. The Balaban J connectivity index is 1.49. The summed E-state index contributed by atoms with van der Waals surface area (Å²) in [5, 5.41) is 15.8. The monoisotopic (exact) mass is 399 g/mol. The van der Waals surface area contributed by atoms with Crippen LogP contribution in [0, 0.1) is 6.92 Å². The van der Waals surface area contributed by atoms with Gasteiger partial charge in [-0.2, -0.15) is 5.10 Å². The molecule has 0 saturated carbocycles.